The van der Waals surface area contributed by atoms with Gasteiger partial charge in [-0.05, 0) is 25.2 Å². The summed E-state index contributed by atoms with van der Waals surface area (Å²) in [5, 5.41) is 8.61. The van der Waals surface area contributed by atoms with Gasteiger partial charge in [0.2, 0.25) is 0 Å². The average Bonchev–Trinajstić information content (AvgIpc) is 2.12. The summed E-state index contributed by atoms with van der Waals surface area (Å²) < 4.78 is 0. The minimum absolute atomic E-state index is 0.340. The highest BCUT2D eigenvalue weighted by molar-refractivity contribution is 5.67. The predicted octanol–water partition coefficient (Wildman–Crippen LogP) is 1.50. The maximum atomic E-state index is 10.5. The van der Waals surface area contributed by atoms with Crippen molar-refractivity contribution in [2.45, 2.75) is 31.7 Å². The van der Waals surface area contributed by atoms with E-state index in [-0.39, 0.29) is 0 Å². The molecule has 0 aromatic carbocycles. The lowest BCUT2D eigenvalue weighted by molar-refractivity contribution is -0.139. The number of rotatable bonds is 3. The third kappa shape index (κ3) is 2.15. The van der Waals surface area contributed by atoms with Crippen LogP contribution in [0, 0.1) is 5.92 Å². The Balaban J connectivity index is 1.74. The van der Waals surface area contributed by atoms with Crippen molar-refractivity contribution >= 4 is 5.97 Å². The zero-order chi connectivity index (χ0) is 9.97. The van der Waals surface area contributed by atoms with Crippen molar-refractivity contribution in [1.82, 2.24) is 4.90 Å². The summed E-state index contributed by atoms with van der Waals surface area (Å²) in [6.07, 6.45) is 8.60. The Hall–Kier alpha value is -0.830. The molecule has 1 fully saturated rings. The molecule has 0 bridgehead atoms. The van der Waals surface area contributed by atoms with Gasteiger partial charge in [-0.1, -0.05) is 12.2 Å². The molecule has 0 aromatic rings. The van der Waals surface area contributed by atoms with E-state index in [1.807, 2.05) is 0 Å². The summed E-state index contributed by atoms with van der Waals surface area (Å²) in [4.78, 5) is 12.8. The molecule has 1 saturated heterocycles. The molecule has 2 aliphatic rings. The molecule has 1 atom stereocenters. The van der Waals surface area contributed by atoms with Crippen LogP contribution in [0.3, 0.4) is 0 Å². The van der Waals surface area contributed by atoms with Gasteiger partial charge >= 0.3 is 5.97 Å². The van der Waals surface area contributed by atoms with Gasteiger partial charge in [-0.2, -0.15) is 0 Å². The minimum Gasteiger partial charge on any atom is -0.481 e. The van der Waals surface area contributed by atoms with Crippen molar-refractivity contribution in [1.29, 1.82) is 0 Å². The van der Waals surface area contributed by atoms with Gasteiger partial charge in [-0.15, -0.1) is 0 Å². The number of hydrogen-bond acceptors (Lipinski definition) is 2. The predicted molar refractivity (Wildman–Crippen MR) is 54.1 cm³/mol. The fraction of sp³-hybridized carbons (Fsp3) is 0.727. The van der Waals surface area contributed by atoms with E-state index in [9.17, 15) is 4.79 Å². The summed E-state index contributed by atoms with van der Waals surface area (Å²) >= 11 is 0. The molecule has 1 N–H and O–H groups in total. The van der Waals surface area contributed by atoms with Crippen LogP contribution in [-0.2, 0) is 4.79 Å². The third-order valence-corrected chi connectivity index (χ3v) is 3.15. The first-order valence-electron chi connectivity index (χ1n) is 5.38. The first-order valence-corrected chi connectivity index (χ1v) is 5.38. The van der Waals surface area contributed by atoms with Crippen molar-refractivity contribution in [2.24, 2.45) is 5.92 Å². The zero-order valence-corrected chi connectivity index (χ0v) is 8.35. The Morgan fingerprint density at radius 3 is 2.86 bits per heavy atom. The highest BCUT2D eigenvalue weighted by atomic mass is 16.4. The molecule has 3 nitrogen and oxygen atoms in total. The summed E-state index contributed by atoms with van der Waals surface area (Å²) in [6, 6.07) is 0.591. The molecule has 0 saturated carbocycles. The van der Waals surface area contributed by atoms with Crippen LogP contribution in [-0.4, -0.2) is 35.1 Å². The van der Waals surface area contributed by atoms with Gasteiger partial charge in [-0.25, -0.2) is 0 Å². The fourth-order valence-electron chi connectivity index (χ4n) is 2.36. The molecule has 14 heavy (non-hydrogen) atoms. The van der Waals surface area contributed by atoms with Crippen molar-refractivity contribution in [3.63, 3.8) is 0 Å². The highest BCUT2D eigenvalue weighted by Gasteiger charge is 2.32. The van der Waals surface area contributed by atoms with Crippen LogP contribution >= 0.6 is 0 Å². The number of likely N-dealkylation sites (tertiary alicyclic amines) is 1. The van der Waals surface area contributed by atoms with Crippen LogP contribution in [0.1, 0.15) is 25.7 Å². The van der Waals surface area contributed by atoms with Crippen LogP contribution in [0.4, 0.5) is 0 Å². The largest absolute Gasteiger partial charge is 0.481 e. The van der Waals surface area contributed by atoms with Gasteiger partial charge in [-0.3, -0.25) is 9.69 Å². The molecule has 1 unspecified atom stereocenters. The number of allylic oxidation sites excluding steroid dienone is 1. The molecule has 3 heteroatoms. The van der Waals surface area contributed by atoms with Crippen molar-refractivity contribution < 1.29 is 9.90 Å². The first kappa shape index (κ1) is 9.71. The standard InChI is InChI=1S/C11H17NO2/c13-11(14)6-9-7-12(8-9)10-4-2-1-3-5-10/h2,4,9-10H,1,3,5-8H2,(H,13,14). The number of aliphatic carboxylic acids is 1. The molecular formula is C11H17NO2. The van der Waals surface area contributed by atoms with Gasteiger partial charge in [0.15, 0.2) is 0 Å². The Labute approximate surface area is 84.4 Å². The number of carbonyl (C=O) groups is 1. The van der Waals surface area contributed by atoms with Crippen LogP contribution in [0.15, 0.2) is 12.2 Å². The molecule has 1 heterocycles. The molecular weight excluding hydrogens is 178 g/mol. The fourth-order valence-corrected chi connectivity index (χ4v) is 2.36. The third-order valence-electron chi connectivity index (χ3n) is 3.15. The van der Waals surface area contributed by atoms with Gasteiger partial charge < -0.3 is 5.11 Å². The van der Waals surface area contributed by atoms with E-state index in [1.165, 1.54) is 19.3 Å². The van der Waals surface area contributed by atoms with Crippen LogP contribution < -0.4 is 0 Å². The molecule has 0 spiro atoms. The van der Waals surface area contributed by atoms with Gasteiger partial charge in [0, 0.05) is 19.1 Å². The zero-order valence-electron chi connectivity index (χ0n) is 8.35. The first-order chi connectivity index (χ1) is 6.75. The molecule has 1 aliphatic heterocycles. The lowest BCUT2D eigenvalue weighted by atomic mass is 9.91. The normalized spacial score (nSPS) is 28.7. The van der Waals surface area contributed by atoms with E-state index in [4.69, 9.17) is 5.11 Å². The summed E-state index contributed by atoms with van der Waals surface area (Å²) in [6.45, 7) is 1.95. The maximum Gasteiger partial charge on any atom is 0.303 e. The monoisotopic (exact) mass is 195 g/mol. The average molecular weight is 195 g/mol. The topological polar surface area (TPSA) is 40.5 Å². The van der Waals surface area contributed by atoms with E-state index in [0.29, 0.717) is 18.4 Å². The number of carboxylic acids is 1. The second-order valence-electron chi connectivity index (χ2n) is 4.34. The van der Waals surface area contributed by atoms with Crippen LogP contribution in [0.5, 0.6) is 0 Å². The Morgan fingerprint density at radius 2 is 2.29 bits per heavy atom. The molecule has 0 radical (unpaired) electrons. The second-order valence-corrected chi connectivity index (χ2v) is 4.34. The summed E-state index contributed by atoms with van der Waals surface area (Å²) in [5.41, 5.74) is 0. The van der Waals surface area contributed by atoms with Crippen LogP contribution in [0.25, 0.3) is 0 Å². The van der Waals surface area contributed by atoms with E-state index in [0.717, 1.165) is 13.1 Å². The summed E-state index contributed by atoms with van der Waals surface area (Å²) in [5.74, 6) is -0.267. The molecule has 78 valence electrons. The second kappa shape index (κ2) is 4.13. The Bertz CT molecular complexity index is 244. The Kier molecular flexibility index (Phi) is 2.87. The van der Waals surface area contributed by atoms with E-state index in [2.05, 4.69) is 17.1 Å². The Morgan fingerprint density at radius 1 is 1.50 bits per heavy atom. The molecule has 0 aromatic heterocycles. The quantitative estimate of drug-likeness (QED) is 0.694. The summed E-state index contributed by atoms with van der Waals surface area (Å²) in [7, 11) is 0. The number of hydrogen-bond donors (Lipinski definition) is 1. The lowest BCUT2D eigenvalue weighted by Crippen LogP contribution is -2.52. The van der Waals surface area contributed by atoms with E-state index < -0.39 is 5.97 Å². The smallest absolute Gasteiger partial charge is 0.303 e. The number of carboxylic acid groups (broad SMARTS) is 1. The molecule has 1 aliphatic carbocycles. The maximum absolute atomic E-state index is 10.5. The molecule has 0 amide bonds. The highest BCUT2D eigenvalue weighted by Crippen LogP contribution is 2.26. The van der Waals surface area contributed by atoms with Crippen molar-refractivity contribution in [3.05, 3.63) is 12.2 Å². The van der Waals surface area contributed by atoms with Crippen molar-refractivity contribution in [3.8, 4) is 0 Å². The van der Waals surface area contributed by atoms with E-state index in [1.54, 1.807) is 0 Å². The number of nitrogens with zero attached hydrogens (tertiary/aromatic N) is 1. The van der Waals surface area contributed by atoms with E-state index >= 15 is 0 Å². The SMILES string of the molecule is O=C(O)CC1CN(C2C=CCCC2)C1. The lowest BCUT2D eigenvalue weighted by Gasteiger charge is -2.43. The van der Waals surface area contributed by atoms with Gasteiger partial charge in [0.05, 0.1) is 6.42 Å². The minimum atomic E-state index is -0.658. The molecule has 2 rings (SSSR count). The van der Waals surface area contributed by atoms with Gasteiger partial charge in [0.1, 0.15) is 0 Å². The van der Waals surface area contributed by atoms with Crippen molar-refractivity contribution in [2.75, 3.05) is 13.1 Å². The van der Waals surface area contributed by atoms with Gasteiger partial charge in [0.25, 0.3) is 0 Å². The van der Waals surface area contributed by atoms with Crippen LogP contribution in [0.2, 0.25) is 0 Å².